The molecule has 0 saturated carbocycles. The first-order valence-corrected chi connectivity index (χ1v) is 22.2. The number of aliphatic imine (C=N–C) groups is 1. The second-order valence-corrected chi connectivity index (χ2v) is 16.8. The Bertz CT molecular complexity index is 1940. The quantitative estimate of drug-likeness (QED) is 0.0642. The van der Waals surface area contributed by atoms with Gasteiger partial charge in [0.05, 0.1) is 0 Å². The maximum atomic E-state index is 14.7. The minimum absolute atomic E-state index is 0.0230. The van der Waals surface area contributed by atoms with Crippen LogP contribution in [-0.4, -0.2) is 124 Å². The van der Waals surface area contributed by atoms with Crippen LogP contribution in [-0.2, 0) is 41.6 Å². The third-order valence-electron chi connectivity index (χ3n) is 11.5. The Kier molecular flexibility index (Phi) is 21.3. The summed E-state index contributed by atoms with van der Waals surface area (Å²) >= 11 is 0. The highest BCUT2D eigenvalue weighted by molar-refractivity contribution is 5.96. The van der Waals surface area contributed by atoms with Crippen LogP contribution in [0.5, 0.6) is 11.5 Å². The van der Waals surface area contributed by atoms with Gasteiger partial charge in [-0.1, -0.05) is 58.4 Å². The molecular weight excluding hydrogens is 841 g/mol. The van der Waals surface area contributed by atoms with Crippen molar-refractivity contribution in [2.75, 3.05) is 20.1 Å². The maximum Gasteiger partial charge on any atom is 0.326 e. The Morgan fingerprint density at radius 1 is 0.815 bits per heavy atom. The van der Waals surface area contributed by atoms with Gasteiger partial charge in [0.2, 0.25) is 29.5 Å². The number of nitrogens with one attached hydrogen (secondary N) is 6. The number of amides is 7. The second kappa shape index (κ2) is 26.3. The predicted octanol–water partition coefficient (Wildman–Crippen LogP) is 1.12. The van der Waals surface area contributed by atoms with Crippen molar-refractivity contribution >= 4 is 47.5 Å². The van der Waals surface area contributed by atoms with E-state index < -0.39 is 83.7 Å². The van der Waals surface area contributed by atoms with E-state index in [1.807, 2.05) is 13.8 Å². The fraction of sp³-hybridized carbons (Fsp3) is 0.556. The molecule has 20 nitrogen and oxygen atoms in total. The van der Waals surface area contributed by atoms with Crippen molar-refractivity contribution in [1.29, 1.82) is 0 Å². The number of carbonyl (C=O) groups excluding carboxylic acids is 6. The van der Waals surface area contributed by atoms with Crippen LogP contribution in [0.1, 0.15) is 90.2 Å². The number of nitrogens with two attached hydrogens (primary N) is 2. The number of phenols is 2. The zero-order valence-corrected chi connectivity index (χ0v) is 38.0. The molecule has 1 saturated heterocycles. The molecule has 1 fully saturated rings. The SMILES string of the molecule is CC[C@H](C)C1NC(=O)C(CCc2ccc(O)cc2)N(C)C(=O)[C@H](CCc2ccc(O)cc2)NC(=O)[C@H](C(C)C)NC(=O)[C@H](NC(=O)N[C@@H](CCCN=C(N)N)C(=O)O)CCCCNC1=O. The lowest BCUT2D eigenvalue weighted by atomic mass is 9.96. The molecule has 65 heavy (non-hydrogen) atoms. The lowest BCUT2D eigenvalue weighted by molar-refractivity contribution is -0.143. The van der Waals surface area contributed by atoms with E-state index in [4.69, 9.17) is 11.5 Å². The molecule has 0 radical (unpaired) electrons. The van der Waals surface area contributed by atoms with Crippen LogP contribution in [0.15, 0.2) is 53.5 Å². The highest BCUT2D eigenvalue weighted by Crippen LogP contribution is 2.19. The molecule has 358 valence electrons. The molecule has 7 amide bonds. The molecule has 20 heteroatoms. The number of carboxylic acid groups (broad SMARTS) is 1. The minimum Gasteiger partial charge on any atom is -0.508 e. The van der Waals surface area contributed by atoms with Gasteiger partial charge < -0.3 is 63.6 Å². The standard InChI is InChI=1S/C45H68N10O10/c1-6-27(4)37-40(60)48-24-8-7-10-32(51-45(65)52-34(43(63)64)11-9-25-49-44(46)47)38(58)53-36(26(2)3)41(61)50-33(22-16-28-12-18-30(56)19-13-28)42(62)55(5)35(39(59)54-37)23-17-29-14-20-31(57)21-15-29/h12-15,18-21,26-27,32-37,56-57H,6-11,16-17,22-25H2,1-5H3,(H,48,60)(H,50,61)(H,53,58)(H,54,59)(H,63,64)(H4,46,47,49)(H2,51,52,65)/t27-,32+,33-,34-,35?,36-,37?/m0/s1. The Morgan fingerprint density at radius 2 is 1.40 bits per heavy atom. The van der Waals surface area contributed by atoms with Crippen LogP contribution in [0, 0.1) is 11.8 Å². The number of aromatic hydroxyl groups is 2. The van der Waals surface area contributed by atoms with Gasteiger partial charge in [-0.3, -0.25) is 29.0 Å². The number of aliphatic carboxylic acids is 1. The van der Waals surface area contributed by atoms with Crippen molar-refractivity contribution in [3.05, 3.63) is 59.7 Å². The number of aryl methyl sites for hydroxylation is 2. The predicted molar refractivity (Wildman–Crippen MR) is 243 cm³/mol. The molecular formula is C45H68N10O10. The maximum absolute atomic E-state index is 14.7. The smallest absolute Gasteiger partial charge is 0.326 e. The Hall–Kier alpha value is -6.60. The van der Waals surface area contributed by atoms with Gasteiger partial charge in [-0.05, 0) is 105 Å². The number of benzene rings is 2. The summed E-state index contributed by atoms with van der Waals surface area (Å²) in [5.41, 5.74) is 12.2. The molecule has 2 aromatic carbocycles. The summed E-state index contributed by atoms with van der Waals surface area (Å²) < 4.78 is 0. The number of hydrogen-bond donors (Lipinski definition) is 11. The van der Waals surface area contributed by atoms with Crippen LogP contribution in [0.25, 0.3) is 0 Å². The van der Waals surface area contributed by atoms with Gasteiger partial charge in [0.15, 0.2) is 5.96 Å². The monoisotopic (exact) mass is 909 g/mol. The van der Waals surface area contributed by atoms with Crippen molar-refractivity contribution in [3.63, 3.8) is 0 Å². The van der Waals surface area contributed by atoms with E-state index in [-0.39, 0.29) is 81.4 Å². The molecule has 0 bridgehead atoms. The van der Waals surface area contributed by atoms with Crippen LogP contribution in [0.3, 0.4) is 0 Å². The lowest BCUT2D eigenvalue weighted by Crippen LogP contribution is -2.61. The summed E-state index contributed by atoms with van der Waals surface area (Å²) in [6.07, 6.45) is 2.11. The molecule has 0 aliphatic carbocycles. The minimum atomic E-state index is -1.35. The van der Waals surface area contributed by atoms with E-state index >= 15 is 0 Å². The van der Waals surface area contributed by atoms with E-state index in [0.29, 0.717) is 19.3 Å². The third kappa shape index (κ3) is 17.5. The summed E-state index contributed by atoms with van der Waals surface area (Å²) in [7, 11) is 1.45. The van der Waals surface area contributed by atoms with Crippen LogP contribution < -0.4 is 43.4 Å². The van der Waals surface area contributed by atoms with E-state index in [9.17, 15) is 48.9 Å². The van der Waals surface area contributed by atoms with Crippen molar-refractivity contribution in [3.8, 4) is 11.5 Å². The first-order chi connectivity index (χ1) is 30.8. The fourth-order valence-electron chi connectivity index (χ4n) is 7.28. The lowest BCUT2D eigenvalue weighted by Gasteiger charge is -2.33. The van der Waals surface area contributed by atoms with Crippen LogP contribution >= 0.6 is 0 Å². The van der Waals surface area contributed by atoms with Gasteiger partial charge in [0.25, 0.3) is 0 Å². The van der Waals surface area contributed by atoms with Crippen molar-refractivity contribution in [2.45, 2.75) is 128 Å². The number of hydrogen-bond acceptors (Lipinski definition) is 10. The van der Waals surface area contributed by atoms with Gasteiger partial charge in [0, 0.05) is 20.1 Å². The normalized spacial score (nSPS) is 21.5. The zero-order chi connectivity index (χ0) is 48.2. The second-order valence-electron chi connectivity index (χ2n) is 16.8. The third-order valence-corrected chi connectivity index (χ3v) is 11.5. The summed E-state index contributed by atoms with van der Waals surface area (Å²) in [6, 6.07) is 4.63. The van der Waals surface area contributed by atoms with Crippen LogP contribution in [0.4, 0.5) is 4.79 Å². The van der Waals surface area contributed by atoms with E-state index in [1.165, 1.54) is 36.2 Å². The highest BCUT2D eigenvalue weighted by atomic mass is 16.4. The number of nitrogens with zero attached hydrogens (tertiary/aromatic N) is 2. The Morgan fingerprint density at radius 3 is 1.95 bits per heavy atom. The van der Waals surface area contributed by atoms with Gasteiger partial charge >= 0.3 is 12.0 Å². The molecule has 2 unspecified atom stereocenters. The van der Waals surface area contributed by atoms with Crippen molar-refractivity contribution < 1.29 is 48.9 Å². The topological polar surface area (TPSA) is 320 Å². The van der Waals surface area contributed by atoms with Crippen molar-refractivity contribution in [2.24, 2.45) is 28.3 Å². The molecule has 13 N–H and O–H groups in total. The molecule has 0 aromatic heterocycles. The summed E-state index contributed by atoms with van der Waals surface area (Å²) in [5, 5.41) is 45.8. The number of rotatable bonds is 16. The largest absolute Gasteiger partial charge is 0.508 e. The first-order valence-electron chi connectivity index (χ1n) is 22.2. The number of carbonyl (C=O) groups is 7. The van der Waals surface area contributed by atoms with Gasteiger partial charge in [0.1, 0.15) is 47.8 Å². The molecule has 1 aliphatic heterocycles. The number of urea groups is 1. The number of carboxylic acids is 1. The summed E-state index contributed by atoms with van der Waals surface area (Å²) in [5.74, 6) is -5.37. The Labute approximate surface area is 380 Å². The van der Waals surface area contributed by atoms with Gasteiger partial charge in [-0.15, -0.1) is 0 Å². The summed E-state index contributed by atoms with van der Waals surface area (Å²) in [4.78, 5) is 102. The van der Waals surface area contributed by atoms with E-state index in [2.05, 4.69) is 36.9 Å². The highest BCUT2D eigenvalue weighted by Gasteiger charge is 2.37. The molecule has 2 aromatic rings. The molecule has 0 spiro atoms. The first kappa shape index (κ1) is 52.7. The number of guanidine groups is 1. The van der Waals surface area contributed by atoms with E-state index in [0.717, 1.165) is 11.1 Å². The number of phenolic OH excluding ortho intramolecular Hbond substituents is 2. The zero-order valence-electron chi connectivity index (χ0n) is 38.0. The van der Waals surface area contributed by atoms with Crippen LogP contribution in [0.2, 0.25) is 0 Å². The molecule has 1 aliphatic rings. The average Bonchev–Trinajstić information content (AvgIpc) is 3.26. The van der Waals surface area contributed by atoms with E-state index in [1.54, 1.807) is 38.1 Å². The molecule has 7 atom stereocenters. The van der Waals surface area contributed by atoms with Gasteiger partial charge in [-0.2, -0.15) is 0 Å². The molecule has 1 heterocycles. The number of likely N-dealkylation sites (N-methyl/N-ethyl adjacent to an activating group) is 1. The summed E-state index contributed by atoms with van der Waals surface area (Å²) in [6.45, 7) is 7.34. The van der Waals surface area contributed by atoms with Gasteiger partial charge in [-0.25, -0.2) is 9.59 Å². The Balaban J connectivity index is 2.03. The fourth-order valence-corrected chi connectivity index (χ4v) is 7.28. The van der Waals surface area contributed by atoms with Crippen molar-refractivity contribution in [1.82, 2.24) is 36.8 Å². The molecule has 3 rings (SSSR count). The average molecular weight is 909 g/mol.